The summed E-state index contributed by atoms with van der Waals surface area (Å²) < 4.78 is 40.7. The van der Waals surface area contributed by atoms with Crippen molar-refractivity contribution in [3.05, 3.63) is 64.7 Å². The standard InChI is InChI=1S/C18H15F3N2O3/c19-18(20,21)10-26-9-11-1-3-12(4-2-11)16(24)23-14-6-5-13-8-22-17(25)15(13)7-14/h1-7H,8-10H2,(H,22,25)(H,23,24). The summed E-state index contributed by atoms with van der Waals surface area (Å²) in [6.45, 7) is -1.04. The molecule has 26 heavy (non-hydrogen) atoms. The van der Waals surface area contributed by atoms with Crippen LogP contribution in [0.1, 0.15) is 31.8 Å². The highest BCUT2D eigenvalue weighted by molar-refractivity contribution is 6.05. The summed E-state index contributed by atoms with van der Waals surface area (Å²) in [5, 5.41) is 5.39. The SMILES string of the molecule is O=C(Nc1ccc2c(c1)C(=O)NC2)c1ccc(COCC(F)(F)F)cc1. The molecule has 0 bridgehead atoms. The number of fused-ring (bicyclic) bond motifs is 1. The number of hydrogen-bond donors (Lipinski definition) is 2. The first-order chi connectivity index (χ1) is 12.3. The van der Waals surface area contributed by atoms with Crippen molar-refractivity contribution >= 4 is 17.5 Å². The van der Waals surface area contributed by atoms with Crippen molar-refractivity contribution in [1.29, 1.82) is 0 Å². The molecule has 2 amide bonds. The van der Waals surface area contributed by atoms with Gasteiger partial charge in [-0.25, -0.2) is 0 Å². The lowest BCUT2D eigenvalue weighted by Gasteiger charge is -2.09. The van der Waals surface area contributed by atoms with Crippen LogP contribution in [0.5, 0.6) is 0 Å². The van der Waals surface area contributed by atoms with E-state index >= 15 is 0 Å². The monoisotopic (exact) mass is 364 g/mol. The van der Waals surface area contributed by atoms with E-state index in [4.69, 9.17) is 0 Å². The largest absolute Gasteiger partial charge is 0.411 e. The van der Waals surface area contributed by atoms with Gasteiger partial charge in [0.15, 0.2) is 0 Å². The molecule has 0 radical (unpaired) electrons. The molecule has 0 fully saturated rings. The van der Waals surface area contributed by atoms with Gasteiger partial charge in [0.05, 0.1) is 6.61 Å². The molecule has 0 aromatic heterocycles. The maximum Gasteiger partial charge on any atom is 0.411 e. The Morgan fingerprint density at radius 1 is 1.15 bits per heavy atom. The van der Waals surface area contributed by atoms with E-state index in [0.717, 1.165) is 5.56 Å². The molecule has 0 saturated carbocycles. The molecule has 2 N–H and O–H groups in total. The molecule has 0 saturated heterocycles. The molecule has 136 valence electrons. The van der Waals surface area contributed by atoms with Crippen LogP contribution in [-0.4, -0.2) is 24.6 Å². The van der Waals surface area contributed by atoms with Crippen molar-refractivity contribution in [2.45, 2.75) is 19.3 Å². The minimum absolute atomic E-state index is 0.181. The summed E-state index contributed by atoms with van der Waals surface area (Å²) in [5.41, 5.74) is 2.76. The molecule has 1 heterocycles. The van der Waals surface area contributed by atoms with Gasteiger partial charge in [-0.15, -0.1) is 0 Å². The summed E-state index contributed by atoms with van der Waals surface area (Å²) in [7, 11) is 0. The Bertz CT molecular complexity index is 833. The molecule has 0 aliphatic carbocycles. The van der Waals surface area contributed by atoms with Gasteiger partial charge in [-0.05, 0) is 35.4 Å². The summed E-state index contributed by atoms with van der Waals surface area (Å²) in [4.78, 5) is 23.9. The lowest BCUT2D eigenvalue weighted by atomic mass is 10.1. The minimum atomic E-state index is -4.37. The number of anilines is 1. The number of alkyl halides is 3. The van der Waals surface area contributed by atoms with E-state index in [1.54, 1.807) is 18.2 Å². The van der Waals surface area contributed by atoms with E-state index in [1.165, 1.54) is 24.3 Å². The fourth-order valence-corrected chi connectivity index (χ4v) is 2.53. The van der Waals surface area contributed by atoms with Crippen LogP contribution in [0.25, 0.3) is 0 Å². The fourth-order valence-electron chi connectivity index (χ4n) is 2.53. The van der Waals surface area contributed by atoms with Gasteiger partial charge in [0.1, 0.15) is 6.61 Å². The zero-order chi connectivity index (χ0) is 18.7. The third-order valence-electron chi connectivity index (χ3n) is 3.80. The fraction of sp³-hybridized carbons (Fsp3) is 0.222. The number of hydrogen-bond acceptors (Lipinski definition) is 3. The second kappa shape index (κ2) is 7.17. The number of carbonyl (C=O) groups excluding carboxylic acids is 2. The third-order valence-corrected chi connectivity index (χ3v) is 3.80. The van der Waals surface area contributed by atoms with Crippen LogP contribution in [0.2, 0.25) is 0 Å². The van der Waals surface area contributed by atoms with Crippen LogP contribution < -0.4 is 10.6 Å². The van der Waals surface area contributed by atoms with E-state index in [1.807, 2.05) is 0 Å². The van der Waals surface area contributed by atoms with Crippen molar-refractivity contribution in [2.24, 2.45) is 0 Å². The second-order valence-electron chi connectivity index (χ2n) is 5.81. The average Bonchev–Trinajstić information content (AvgIpc) is 2.95. The topological polar surface area (TPSA) is 67.4 Å². The zero-order valence-electron chi connectivity index (χ0n) is 13.5. The first-order valence-electron chi connectivity index (χ1n) is 7.78. The van der Waals surface area contributed by atoms with E-state index in [9.17, 15) is 22.8 Å². The summed E-state index contributed by atoms with van der Waals surface area (Å²) in [6.07, 6.45) is -4.37. The molecule has 0 spiro atoms. The number of ether oxygens (including phenoxy) is 1. The quantitative estimate of drug-likeness (QED) is 0.856. The highest BCUT2D eigenvalue weighted by atomic mass is 19.4. The minimum Gasteiger partial charge on any atom is -0.367 e. The van der Waals surface area contributed by atoms with Gasteiger partial charge in [0.25, 0.3) is 11.8 Å². The van der Waals surface area contributed by atoms with Gasteiger partial charge >= 0.3 is 6.18 Å². The smallest absolute Gasteiger partial charge is 0.367 e. The Morgan fingerprint density at radius 2 is 1.88 bits per heavy atom. The maximum atomic E-state index is 12.3. The zero-order valence-corrected chi connectivity index (χ0v) is 13.5. The van der Waals surface area contributed by atoms with E-state index in [2.05, 4.69) is 15.4 Å². The van der Waals surface area contributed by atoms with E-state index < -0.39 is 12.8 Å². The van der Waals surface area contributed by atoms with Gasteiger partial charge < -0.3 is 15.4 Å². The predicted octanol–water partition coefficient (Wildman–Crippen LogP) is 3.26. The maximum absolute atomic E-state index is 12.3. The van der Waals surface area contributed by atoms with Crippen LogP contribution in [0.4, 0.5) is 18.9 Å². The van der Waals surface area contributed by atoms with Crippen LogP contribution in [-0.2, 0) is 17.9 Å². The molecular formula is C18H15F3N2O3. The van der Waals surface area contributed by atoms with Crippen LogP contribution in [0.15, 0.2) is 42.5 Å². The number of halogens is 3. The first kappa shape index (κ1) is 17.9. The predicted molar refractivity (Wildman–Crippen MR) is 87.7 cm³/mol. The Balaban J connectivity index is 1.60. The first-order valence-corrected chi connectivity index (χ1v) is 7.78. The number of amides is 2. The van der Waals surface area contributed by atoms with Crippen molar-refractivity contribution in [1.82, 2.24) is 5.32 Å². The molecule has 0 unspecified atom stereocenters. The molecule has 1 aliphatic heterocycles. The average molecular weight is 364 g/mol. The summed E-state index contributed by atoms with van der Waals surface area (Å²) >= 11 is 0. The molecule has 5 nitrogen and oxygen atoms in total. The Labute approximate surface area is 147 Å². The van der Waals surface area contributed by atoms with Crippen molar-refractivity contribution in [3.8, 4) is 0 Å². The van der Waals surface area contributed by atoms with Gasteiger partial charge in [0.2, 0.25) is 0 Å². The third kappa shape index (κ3) is 4.40. The number of benzene rings is 2. The van der Waals surface area contributed by atoms with Crippen molar-refractivity contribution < 1.29 is 27.5 Å². The Kier molecular flexibility index (Phi) is 4.94. The van der Waals surface area contributed by atoms with Gasteiger partial charge in [0, 0.05) is 23.4 Å². The number of carbonyl (C=O) groups is 2. The van der Waals surface area contributed by atoms with Gasteiger partial charge in [-0.3, -0.25) is 9.59 Å². The van der Waals surface area contributed by atoms with Crippen LogP contribution >= 0.6 is 0 Å². The van der Waals surface area contributed by atoms with Crippen LogP contribution in [0.3, 0.4) is 0 Å². The summed E-state index contributed by atoms with van der Waals surface area (Å²) in [5.74, 6) is -0.564. The Hall–Kier alpha value is -2.87. The van der Waals surface area contributed by atoms with E-state index in [-0.39, 0.29) is 18.4 Å². The highest BCUT2D eigenvalue weighted by Gasteiger charge is 2.27. The molecule has 2 aromatic carbocycles. The van der Waals surface area contributed by atoms with Crippen LogP contribution in [0, 0.1) is 0 Å². The lowest BCUT2D eigenvalue weighted by Crippen LogP contribution is -2.16. The molecule has 3 rings (SSSR count). The van der Waals surface area contributed by atoms with Crippen molar-refractivity contribution in [3.63, 3.8) is 0 Å². The Morgan fingerprint density at radius 3 is 2.58 bits per heavy atom. The summed E-state index contributed by atoms with van der Waals surface area (Å²) in [6, 6.07) is 11.1. The normalized spacial score (nSPS) is 13.3. The van der Waals surface area contributed by atoms with E-state index in [0.29, 0.717) is 28.9 Å². The molecule has 8 heteroatoms. The number of nitrogens with one attached hydrogen (secondary N) is 2. The lowest BCUT2D eigenvalue weighted by molar-refractivity contribution is -0.176. The molecule has 0 atom stereocenters. The number of rotatable bonds is 5. The molecule has 1 aliphatic rings. The molecule has 2 aromatic rings. The highest BCUT2D eigenvalue weighted by Crippen LogP contribution is 2.21. The van der Waals surface area contributed by atoms with Gasteiger partial charge in [-0.2, -0.15) is 13.2 Å². The molecular weight excluding hydrogens is 349 g/mol. The second-order valence-corrected chi connectivity index (χ2v) is 5.81. The van der Waals surface area contributed by atoms with Gasteiger partial charge in [-0.1, -0.05) is 18.2 Å². The van der Waals surface area contributed by atoms with Crippen molar-refractivity contribution in [2.75, 3.05) is 11.9 Å².